The molecule has 0 spiro atoms. The van der Waals surface area contributed by atoms with Gasteiger partial charge in [-0.3, -0.25) is 4.79 Å². The van der Waals surface area contributed by atoms with Crippen molar-refractivity contribution in [3.05, 3.63) is 65.2 Å². The van der Waals surface area contributed by atoms with E-state index < -0.39 is 5.97 Å². The summed E-state index contributed by atoms with van der Waals surface area (Å²) >= 11 is 0. The van der Waals surface area contributed by atoms with E-state index in [0.29, 0.717) is 16.8 Å². The first kappa shape index (κ1) is 15.8. The molecule has 0 aromatic heterocycles. The lowest BCUT2D eigenvalue weighted by Crippen LogP contribution is -2.12. The quantitative estimate of drug-likeness (QED) is 0.226. The molecule has 0 aliphatic rings. The molecule has 2 rings (SSSR count). The van der Waals surface area contributed by atoms with Crippen LogP contribution in [-0.2, 0) is 0 Å². The molecule has 0 heterocycles. The number of hydrazone groups is 1. The standard InChI is InChI=1S/C15H13N5O3/c16-19-13(20-17)9-1-3-10(4-2-9)14(21)18-12-7-5-11(6-8-12)15(22)23/h1-8,16H,17H2,(H,18,21)(H,22,23)/b19-16?,20-13-. The van der Waals surface area contributed by atoms with E-state index in [9.17, 15) is 9.59 Å². The molecule has 8 nitrogen and oxygen atoms in total. The predicted octanol–water partition coefficient (Wildman–Crippen LogP) is 2.29. The van der Waals surface area contributed by atoms with Gasteiger partial charge in [-0.25, -0.2) is 10.3 Å². The van der Waals surface area contributed by atoms with E-state index in [-0.39, 0.29) is 17.3 Å². The molecule has 5 N–H and O–H groups in total. The summed E-state index contributed by atoms with van der Waals surface area (Å²) in [4.78, 5) is 22.9. The van der Waals surface area contributed by atoms with Crippen molar-refractivity contribution < 1.29 is 14.7 Å². The predicted molar refractivity (Wildman–Crippen MR) is 83.7 cm³/mol. The van der Waals surface area contributed by atoms with Crippen LogP contribution in [0, 0.1) is 5.53 Å². The van der Waals surface area contributed by atoms with Crippen molar-refractivity contribution in [3.63, 3.8) is 0 Å². The molecule has 116 valence electrons. The SMILES string of the molecule is N=N/C(=N\N)c1ccc(C(=O)Nc2ccc(C(=O)O)cc2)cc1. The molecule has 0 radical (unpaired) electrons. The summed E-state index contributed by atoms with van der Waals surface area (Å²) in [6.07, 6.45) is 0. The molecular weight excluding hydrogens is 298 g/mol. The second-order valence-electron chi connectivity index (χ2n) is 4.48. The minimum Gasteiger partial charge on any atom is -0.478 e. The van der Waals surface area contributed by atoms with Crippen LogP contribution in [0.15, 0.2) is 58.7 Å². The number of carboxylic acid groups (broad SMARTS) is 1. The Morgan fingerprint density at radius 2 is 1.48 bits per heavy atom. The summed E-state index contributed by atoms with van der Waals surface area (Å²) in [5, 5.41) is 18.0. The number of carbonyl (C=O) groups is 2. The van der Waals surface area contributed by atoms with Gasteiger partial charge in [0.15, 0.2) is 5.84 Å². The van der Waals surface area contributed by atoms with Gasteiger partial charge < -0.3 is 16.3 Å². The van der Waals surface area contributed by atoms with Gasteiger partial charge in [-0.2, -0.15) is 5.10 Å². The number of nitrogens with two attached hydrogens (primary N) is 1. The van der Waals surface area contributed by atoms with Crippen LogP contribution in [0.25, 0.3) is 0 Å². The van der Waals surface area contributed by atoms with Crippen LogP contribution in [0.1, 0.15) is 26.3 Å². The molecule has 8 heteroatoms. The van der Waals surface area contributed by atoms with Crippen molar-refractivity contribution in [2.24, 2.45) is 16.1 Å². The fourth-order valence-corrected chi connectivity index (χ4v) is 1.84. The Morgan fingerprint density at radius 1 is 0.957 bits per heavy atom. The van der Waals surface area contributed by atoms with E-state index in [2.05, 4.69) is 15.5 Å². The van der Waals surface area contributed by atoms with Gasteiger partial charge in [0, 0.05) is 16.8 Å². The summed E-state index contributed by atoms with van der Waals surface area (Å²) in [6, 6.07) is 12.1. The van der Waals surface area contributed by atoms with Crippen LogP contribution in [0.4, 0.5) is 5.69 Å². The zero-order valence-corrected chi connectivity index (χ0v) is 11.9. The summed E-state index contributed by atoms with van der Waals surface area (Å²) in [6.45, 7) is 0. The van der Waals surface area contributed by atoms with Gasteiger partial charge in [0.25, 0.3) is 5.91 Å². The number of anilines is 1. The smallest absolute Gasteiger partial charge is 0.335 e. The maximum absolute atomic E-state index is 12.1. The maximum Gasteiger partial charge on any atom is 0.335 e. The lowest BCUT2D eigenvalue weighted by molar-refractivity contribution is 0.0696. The second-order valence-corrected chi connectivity index (χ2v) is 4.48. The minimum absolute atomic E-state index is 0.0567. The Bertz CT molecular complexity index is 767. The molecule has 0 saturated heterocycles. The van der Waals surface area contributed by atoms with Crippen molar-refractivity contribution in [2.45, 2.75) is 0 Å². The number of rotatable bonds is 4. The number of amidine groups is 1. The number of nitrogens with one attached hydrogen (secondary N) is 2. The molecule has 0 unspecified atom stereocenters. The van der Waals surface area contributed by atoms with Crippen molar-refractivity contribution >= 4 is 23.4 Å². The highest BCUT2D eigenvalue weighted by atomic mass is 16.4. The zero-order chi connectivity index (χ0) is 16.8. The highest BCUT2D eigenvalue weighted by Gasteiger charge is 2.09. The Morgan fingerprint density at radius 3 is 1.96 bits per heavy atom. The van der Waals surface area contributed by atoms with E-state index in [0.717, 1.165) is 0 Å². The number of amides is 1. The first-order chi connectivity index (χ1) is 11.0. The van der Waals surface area contributed by atoms with E-state index in [1.54, 1.807) is 24.3 Å². The van der Waals surface area contributed by atoms with E-state index >= 15 is 0 Å². The summed E-state index contributed by atoms with van der Waals surface area (Å²) in [5.41, 5.74) is 8.45. The number of hydrogen-bond donors (Lipinski definition) is 4. The molecule has 2 aromatic carbocycles. The van der Waals surface area contributed by atoms with Gasteiger partial charge in [0.2, 0.25) is 0 Å². The van der Waals surface area contributed by atoms with Crippen LogP contribution in [0.3, 0.4) is 0 Å². The Labute approximate surface area is 131 Å². The lowest BCUT2D eigenvalue weighted by Gasteiger charge is -2.06. The highest BCUT2D eigenvalue weighted by molar-refractivity contribution is 6.05. The summed E-state index contributed by atoms with van der Waals surface area (Å²) in [5.74, 6) is 3.77. The van der Waals surface area contributed by atoms with Gasteiger partial charge in [0.1, 0.15) is 0 Å². The Kier molecular flexibility index (Phi) is 4.78. The molecule has 0 aliphatic carbocycles. The molecule has 0 aliphatic heterocycles. The van der Waals surface area contributed by atoms with Crippen molar-refractivity contribution in [1.29, 1.82) is 5.53 Å². The molecular formula is C15H13N5O3. The minimum atomic E-state index is -1.03. The Balaban J connectivity index is 2.11. The van der Waals surface area contributed by atoms with Gasteiger partial charge in [0.05, 0.1) is 5.56 Å². The highest BCUT2D eigenvalue weighted by Crippen LogP contribution is 2.12. The fourth-order valence-electron chi connectivity index (χ4n) is 1.84. The number of benzene rings is 2. The average molecular weight is 311 g/mol. The number of nitrogens with zero attached hydrogens (tertiary/aromatic N) is 2. The van der Waals surface area contributed by atoms with E-state index in [1.165, 1.54) is 24.3 Å². The van der Waals surface area contributed by atoms with Gasteiger partial charge >= 0.3 is 5.97 Å². The summed E-state index contributed by atoms with van der Waals surface area (Å²) < 4.78 is 0. The van der Waals surface area contributed by atoms with Gasteiger partial charge in [-0.15, -0.1) is 5.11 Å². The van der Waals surface area contributed by atoms with Gasteiger partial charge in [-0.05, 0) is 36.4 Å². The maximum atomic E-state index is 12.1. The molecule has 0 saturated carbocycles. The van der Waals surface area contributed by atoms with E-state index in [4.69, 9.17) is 16.5 Å². The van der Waals surface area contributed by atoms with Crippen LogP contribution >= 0.6 is 0 Å². The third-order valence-corrected chi connectivity index (χ3v) is 3.02. The third kappa shape index (κ3) is 3.76. The molecule has 23 heavy (non-hydrogen) atoms. The Hall–Kier alpha value is -3.55. The number of carbonyl (C=O) groups excluding carboxylic acids is 1. The van der Waals surface area contributed by atoms with Crippen molar-refractivity contribution in [3.8, 4) is 0 Å². The van der Waals surface area contributed by atoms with Crippen LogP contribution in [-0.4, -0.2) is 22.8 Å². The van der Waals surface area contributed by atoms with Crippen molar-refractivity contribution in [1.82, 2.24) is 0 Å². The largest absolute Gasteiger partial charge is 0.478 e. The van der Waals surface area contributed by atoms with Crippen LogP contribution < -0.4 is 11.2 Å². The van der Waals surface area contributed by atoms with E-state index in [1.807, 2.05) is 0 Å². The van der Waals surface area contributed by atoms with Crippen LogP contribution in [0.2, 0.25) is 0 Å². The number of hydrogen-bond acceptors (Lipinski definition) is 5. The number of aromatic carboxylic acids is 1. The third-order valence-electron chi connectivity index (χ3n) is 3.02. The van der Waals surface area contributed by atoms with Crippen LogP contribution in [0.5, 0.6) is 0 Å². The monoisotopic (exact) mass is 311 g/mol. The lowest BCUT2D eigenvalue weighted by atomic mass is 10.1. The molecule has 2 aromatic rings. The molecule has 1 amide bonds. The fraction of sp³-hybridized carbons (Fsp3) is 0. The normalized spacial score (nSPS) is 10.9. The molecule has 0 atom stereocenters. The summed E-state index contributed by atoms with van der Waals surface area (Å²) in [7, 11) is 0. The average Bonchev–Trinajstić information content (AvgIpc) is 2.57. The molecule has 0 fully saturated rings. The first-order valence-corrected chi connectivity index (χ1v) is 6.45. The molecule has 0 bridgehead atoms. The zero-order valence-electron chi connectivity index (χ0n) is 11.9. The van der Waals surface area contributed by atoms with Crippen molar-refractivity contribution in [2.75, 3.05) is 5.32 Å². The second kappa shape index (κ2) is 6.94. The first-order valence-electron chi connectivity index (χ1n) is 6.45. The number of carboxylic acids is 1. The topological polar surface area (TPSA) is 141 Å². The van der Waals surface area contributed by atoms with Gasteiger partial charge in [-0.1, -0.05) is 12.1 Å².